The van der Waals surface area contributed by atoms with Gasteiger partial charge in [0.2, 0.25) is 0 Å². The number of fused-ring (bicyclic) bond motifs is 3. The molecule has 0 aliphatic rings. The summed E-state index contributed by atoms with van der Waals surface area (Å²) in [6.07, 6.45) is 1.03. The van der Waals surface area contributed by atoms with Crippen LogP contribution in [0.3, 0.4) is 0 Å². The standard InChI is InChI=1S/C14H12BrN/c1-2-9-12(15)8-7-11-10-5-3-4-6-13(10)16-14(9)11/h3-8,16H,2H2,1H3. The first-order valence-electron chi connectivity index (χ1n) is 5.49. The van der Waals surface area contributed by atoms with Crippen LogP contribution in [0.15, 0.2) is 40.9 Å². The van der Waals surface area contributed by atoms with E-state index < -0.39 is 0 Å². The summed E-state index contributed by atoms with van der Waals surface area (Å²) in [4.78, 5) is 3.51. The smallest absolute Gasteiger partial charge is 0.0508 e. The lowest BCUT2D eigenvalue weighted by atomic mass is 10.1. The number of rotatable bonds is 1. The topological polar surface area (TPSA) is 15.8 Å². The van der Waals surface area contributed by atoms with Crippen LogP contribution in [0, 0.1) is 0 Å². The average Bonchev–Trinajstić information content (AvgIpc) is 2.67. The number of aryl methyl sites for hydroxylation is 1. The van der Waals surface area contributed by atoms with Crippen LogP contribution in [0.25, 0.3) is 21.8 Å². The lowest BCUT2D eigenvalue weighted by Gasteiger charge is -2.02. The Bertz CT molecular complexity index is 667. The Morgan fingerprint density at radius 2 is 1.88 bits per heavy atom. The van der Waals surface area contributed by atoms with Crippen molar-refractivity contribution < 1.29 is 0 Å². The Labute approximate surface area is 103 Å². The zero-order chi connectivity index (χ0) is 11.1. The number of aromatic nitrogens is 1. The first kappa shape index (κ1) is 9.91. The molecular formula is C14H12BrN. The predicted molar refractivity (Wildman–Crippen MR) is 72.9 cm³/mol. The van der Waals surface area contributed by atoms with E-state index in [4.69, 9.17) is 0 Å². The number of hydrogen-bond acceptors (Lipinski definition) is 0. The minimum absolute atomic E-state index is 1.03. The second-order valence-electron chi connectivity index (χ2n) is 3.97. The zero-order valence-electron chi connectivity index (χ0n) is 9.05. The highest BCUT2D eigenvalue weighted by molar-refractivity contribution is 9.10. The van der Waals surface area contributed by atoms with Gasteiger partial charge in [0, 0.05) is 20.8 Å². The van der Waals surface area contributed by atoms with Crippen molar-refractivity contribution in [2.45, 2.75) is 13.3 Å². The molecule has 0 aliphatic heterocycles. The van der Waals surface area contributed by atoms with E-state index in [1.165, 1.54) is 31.8 Å². The molecule has 0 aliphatic carbocycles. The minimum atomic E-state index is 1.03. The van der Waals surface area contributed by atoms with Gasteiger partial charge in [-0.05, 0) is 24.1 Å². The molecule has 0 unspecified atom stereocenters. The highest BCUT2D eigenvalue weighted by Gasteiger charge is 2.08. The lowest BCUT2D eigenvalue weighted by Crippen LogP contribution is -1.84. The van der Waals surface area contributed by atoms with Crippen molar-refractivity contribution in [3.8, 4) is 0 Å². The van der Waals surface area contributed by atoms with Gasteiger partial charge < -0.3 is 4.98 Å². The van der Waals surface area contributed by atoms with Gasteiger partial charge in [-0.3, -0.25) is 0 Å². The number of halogens is 1. The molecular weight excluding hydrogens is 262 g/mol. The summed E-state index contributed by atoms with van der Waals surface area (Å²) in [6, 6.07) is 12.8. The highest BCUT2D eigenvalue weighted by Crippen LogP contribution is 2.31. The fourth-order valence-corrected chi connectivity index (χ4v) is 2.91. The van der Waals surface area contributed by atoms with E-state index in [0.717, 1.165) is 6.42 Å². The van der Waals surface area contributed by atoms with Crippen LogP contribution in [0.2, 0.25) is 0 Å². The molecule has 1 N–H and O–H groups in total. The van der Waals surface area contributed by atoms with Gasteiger partial charge in [0.25, 0.3) is 0 Å². The van der Waals surface area contributed by atoms with E-state index in [1.807, 2.05) is 0 Å². The first-order chi connectivity index (χ1) is 7.81. The third kappa shape index (κ3) is 1.30. The summed E-state index contributed by atoms with van der Waals surface area (Å²) >= 11 is 3.61. The molecule has 1 heterocycles. The van der Waals surface area contributed by atoms with E-state index in [-0.39, 0.29) is 0 Å². The van der Waals surface area contributed by atoms with Crippen molar-refractivity contribution >= 4 is 37.7 Å². The molecule has 2 aromatic carbocycles. The molecule has 1 nitrogen and oxygen atoms in total. The van der Waals surface area contributed by atoms with Gasteiger partial charge in [0.1, 0.15) is 0 Å². The minimum Gasteiger partial charge on any atom is -0.354 e. The molecule has 0 fully saturated rings. The predicted octanol–water partition coefficient (Wildman–Crippen LogP) is 4.65. The number of nitrogens with one attached hydrogen (secondary N) is 1. The number of hydrogen-bond donors (Lipinski definition) is 1. The number of H-pyrrole nitrogens is 1. The zero-order valence-corrected chi connectivity index (χ0v) is 10.6. The van der Waals surface area contributed by atoms with Crippen LogP contribution < -0.4 is 0 Å². The second kappa shape index (κ2) is 3.63. The fourth-order valence-electron chi connectivity index (χ4n) is 2.30. The molecule has 3 rings (SSSR count). The monoisotopic (exact) mass is 273 g/mol. The van der Waals surface area contributed by atoms with Crippen molar-refractivity contribution in [2.75, 3.05) is 0 Å². The average molecular weight is 274 g/mol. The number of aromatic amines is 1. The normalized spacial score (nSPS) is 11.4. The Morgan fingerprint density at radius 1 is 1.06 bits per heavy atom. The molecule has 0 atom stereocenters. The van der Waals surface area contributed by atoms with Crippen molar-refractivity contribution in [2.24, 2.45) is 0 Å². The first-order valence-corrected chi connectivity index (χ1v) is 6.28. The molecule has 0 amide bonds. The summed E-state index contributed by atoms with van der Waals surface area (Å²) in [5.74, 6) is 0. The van der Waals surface area contributed by atoms with Crippen molar-refractivity contribution in [1.82, 2.24) is 4.98 Å². The molecule has 0 bridgehead atoms. The van der Waals surface area contributed by atoms with Crippen LogP contribution in [-0.4, -0.2) is 4.98 Å². The van der Waals surface area contributed by atoms with Crippen molar-refractivity contribution in [1.29, 1.82) is 0 Å². The van der Waals surface area contributed by atoms with E-state index in [0.29, 0.717) is 0 Å². The van der Waals surface area contributed by atoms with Crippen molar-refractivity contribution in [3.63, 3.8) is 0 Å². The maximum atomic E-state index is 3.61. The van der Waals surface area contributed by atoms with Gasteiger partial charge in [-0.2, -0.15) is 0 Å². The Morgan fingerprint density at radius 3 is 2.69 bits per heavy atom. The lowest BCUT2D eigenvalue weighted by molar-refractivity contribution is 1.14. The summed E-state index contributed by atoms with van der Waals surface area (Å²) < 4.78 is 1.19. The second-order valence-corrected chi connectivity index (χ2v) is 4.83. The van der Waals surface area contributed by atoms with E-state index >= 15 is 0 Å². The Balaban J connectivity index is 2.54. The van der Waals surface area contributed by atoms with Crippen LogP contribution in [0.1, 0.15) is 12.5 Å². The van der Waals surface area contributed by atoms with Gasteiger partial charge >= 0.3 is 0 Å². The van der Waals surface area contributed by atoms with Crippen LogP contribution in [0.5, 0.6) is 0 Å². The molecule has 0 radical (unpaired) electrons. The summed E-state index contributed by atoms with van der Waals surface area (Å²) in [7, 11) is 0. The molecule has 0 spiro atoms. The fraction of sp³-hybridized carbons (Fsp3) is 0.143. The van der Waals surface area contributed by atoms with Gasteiger partial charge in [-0.1, -0.05) is 47.1 Å². The van der Waals surface area contributed by atoms with E-state index in [2.05, 4.69) is 64.2 Å². The molecule has 2 heteroatoms. The van der Waals surface area contributed by atoms with Gasteiger partial charge in [0.15, 0.2) is 0 Å². The maximum Gasteiger partial charge on any atom is 0.0508 e. The van der Waals surface area contributed by atoms with Crippen LogP contribution in [-0.2, 0) is 6.42 Å². The molecule has 80 valence electrons. The molecule has 3 aromatic rings. The third-order valence-corrected chi connectivity index (χ3v) is 3.83. The number of para-hydroxylation sites is 1. The van der Waals surface area contributed by atoms with E-state index in [1.54, 1.807) is 0 Å². The quantitative estimate of drug-likeness (QED) is 0.665. The van der Waals surface area contributed by atoms with Gasteiger partial charge in [0.05, 0.1) is 5.52 Å². The summed E-state index contributed by atoms with van der Waals surface area (Å²) in [5, 5.41) is 2.62. The highest BCUT2D eigenvalue weighted by atomic mass is 79.9. The summed E-state index contributed by atoms with van der Waals surface area (Å²) in [5.41, 5.74) is 3.83. The summed E-state index contributed by atoms with van der Waals surface area (Å²) in [6.45, 7) is 2.19. The maximum absolute atomic E-state index is 3.61. The van der Waals surface area contributed by atoms with Crippen LogP contribution in [0.4, 0.5) is 0 Å². The SMILES string of the molecule is CCc1c(Br)ccc2c1[nH]c1ccccc12. The molecule has 1 aromatic heterocycles. The van der Waals surface area contributed by atoms with E-state index in [9.17, 15) is 0 Å². The Hall–Kier alpha value is -1.28. The largest absolute Gasteiger partial charge is 0.354 e. The van der Waals surface area contributed by atoms with Crippen molar-refractivity contribution in [3.05, 3.63) is 46.4 Å². The van der Waals surface area contributed by atoms with Gasteiger partial charge in [-0.15, -0.1) is 0 Å². The third-order valence-electron chi connectivity index (χ3n) is 3.09. The number of benzene rings is 2. The molecule has 0 saturated heterocycles. The van der Waals surface area contributed by atoms with Gasteiger partial charge in [-0.25, -0.2) is 0 Å². The Kier molecular flexibility index (Phi) is 2.25. The molecule has 0 saturated carbocycles. The van der Waals surface area contributed by atoms with Crippen LogP contribution >= 0.6 is 15.9 Å². The molecule has 16 heavy (non-hydrogen) atoms.